The van der Waals surface area contributed by atoms with Gasteiger partial charge in [-0.05, 0) is 55.0 Å². The van der Waals surface area contributed by atoms with Crippen LogP contribution >= 0.6 is 12.2 Å². The first kappa shape index (κ1) is 21.3. The van der Waals surface area contributed by atoms with E-state index in [1.807, 2.05) is 6.07 Å². The summed E-state index contributed by atoms with van der Waals surface area (Å²) in [5, 5.41) is 12.1. The lowest BCUT2D eigenvalue weighted by Crippen LogP contribution is -2.48. The van der Waals surface area contributed by atoms with Gasteiger partial charge in [0.1, 0.15) is 0 Å². The molecule has 0 saturated carbocycles. The number of thiocarbonyl (C=S) groups is 1. The maximum atomic E-state index is 13.2. The molecule has 1 atom stereocenters. The molecule has 0 unspecified atom stereocenters. The number of hydrogen-bond acceptors (Lipinski definition) is 4. The van der Waals surface area contributed by atoms with Crippen LogP contribution in [-0.2, 0) is 15.7 Å². The molecule has 5 nitrogen and oxygen atoms in total. The van der Waals surface area contributed by atoms with Crippen molar-refractivity contribution in [3.8, 4) is 6.07 Å². The number of rotatable bonds is 3. The zero-order chi connectivity index (χ0) is 22.1. The maximum Gasteiger partial charge on any atom is 0.416 e. The van der Waals surface area contributed by atoms with Crippen LogP contribution in [0.4, 0.5) is 18.9 Å². The van der Waals surface area contributed by atoms with Crippen LogP contribution in [0.15, 0.2) is 59.8 Å². The lowest BCUT2D eigenvalue weighted by molar-refractivity contribution is -0.138. The van der Waals surface area contributed by atoms with E-state index in [9.17, 15) is 18.0 Å². The molecular formula is C21H16F3N3O2S. The number of nitriles is 1. The highest BCUT2D eigenvalue weighted by molar-refractivity contribution is 7.80. The SMILES string of the molecule is COC(=O)C1=C(C)N(c2cccc(C(F)(F)F)c2)C(=S)N[C@@H]1c1ccc(C#N)cc1. The molecule has 0 amide bonds. The van der Waals surface area contributed by atoms with Crippen LogP contribution in [0.25, 0.3) is 0 Å². The summed E-state index contributed by atoms with van der Waals surface area (Å²) >= 11 is 5.42. The normalized spacial score (nSPS) is 16.7. The number of alkyl halides is 3. The Morgan fingerprint density at radius 3 is 2.47 bits per heavy atom. The highest BCUT2D eigenvalue weighted by atomic mass is 32.1. The van der Waals surface area contributed by atoms with Gasteiger partial charge >= 0.3 is 12.1 Å². The predicted octanol–water partition coefficient (Wildman–Crippen LogP) is 4.46. The molecule has 0 aliphatic carbocycles. The summed E-state index contributed by atoms with van der Waals surface area (Å²) in [5.41, 5.74) is 0.985. The summed E-state index contributed by atoms with van der Waals surface area (Å²) in [6.45, 7) is 1.59. The van der Waals surface area contributed by atoms with Gasteiger partial charge in [-0.2, -0.15) is 18.4 Å². The number of allylic oxidation sites excluding steroid dienone is 1. The molecule has 0 fully saturated rings. The Kier molecular flexibility index (Phi) is 5.80. The first-order valence-corrected chi connectivity index (χ1v) is 9.15. The van der Waals surface area contributed by atoms with Crippen LogP contribution in [0.3, 0.4) is 0 Å². The van der Waals surface area contributed by atoms with Crippen molar-refractivity contribution < 1.29 is 22.7 Å². The quantitative estimate of drug-likeness (QED) is 0.572. The van der Waals surface area contributed by atoms with Crippen molar-refractivity contribution >= 4 is 29.0 Å². The molecule has 1 aliphatic heterocycles. The van der Waals surface area contributed by atoms with Crippen LogP contribution in [0.1, 0.15) is 29.7 Å². The molecule has 0 saturated heterocycles. The van der Waals surface area contributed by atoms with E-state index >= 15 is 0 Å². The summed E-state index contributed by atoms with van der Waals surface area (Å²) in [5.74, 6) is -0.645. The van der Waals surface area contributed by atoms with Crippen molar-refractivity contribution in [2.45, 2.75) is 19.1 Å². The summed E-state index contributed by atoms with van der Waals surface area (Å²) in [6, 6.07) is 12.6. The molecule has 0 aromatic heterocycles. The van der Waals surface area contributed by atoms with E-state index in [1.54, 1.807) is 31.2 Å². The van der Waals surface area contributed by atoms with Crippen molar-refractivity contribution in [1.82, 2.24) is 5.32 Å². The number of carbonyl (C=O) groups excluding carboxylic acids is 1. The van der Waals surface area contributed by atoms with Crippen LogP contribution in [0, 0.1) is 11.3 Å². The second-order valence-corrected chi connectivity index (χ2v) is 6.88. The van der Waals surface area contributed by atoms with Crippen LogP contribution < -0.4 is 10.2 Å². The summed E-state index contributed by atoms with van der Waals surface area (Å²) in [6.07, 6.45) is -4.52. The predicted molar refractivity (Wildman–Crippen MR) is 108 cm³/mol. The van der Waals surface area contributed by atoms with Crippen LogP contribution in [0.2, 0.25) is 0 Å². The fraction of sp³-hybridized carbons (Fsp3) is 0.190. The number of ether oxygens (including phenoxy) is 1. The third-order valence-corrected chi connectivity index (χ3v) is 5.00. The minimum Gasteiger partial charge on any atom is -0.466 e. The number of hydrogen-bond donors (Lipinski definition) is 1. The molecule has 0 radical (unpaired) electrons. The molecule has 3 rings (SSSR count). The summed E-state index contributed by atoms with van der Waals surface area (Å²) in [7, 11) is 1.22. The van der Waals surface area contributed by atoms with E-state index in [4.69, 9.17) is 22.2 Å². The minimum atomic E-state index is -4.52. The summed E-state index contributed by atoms with van der Waals surface area (Å²) < 4.78 is 44.4. The van der Waals surface area contributed by atoms with Crippen molar-refractivity contribution in [2.75, 3.05) is 12.0 Å². The molecule has 2 aromatic carbocycles. The van der Waals surface area contributed by atoms with Gasteiger partial charge in [0, 0.05) is 11.4 Å². The number of esters is 1. The third-order valence-electron chi connectivity index (χ3n) is 4.69. The second-order valence-electron chi connectivity index (χ2n) is 6.49. The zero-order valence-electron chi connectivity index (χ0n) is 15.9. The Morgan fingerprint density at radius 2 is 1.90 bits per heavy atom. The zero-order valence-corrected chi connectivity index (χ0v) is 16.8. The molecule has 9 heteroatoms. The smallest absolute Gasteiger partial charge is 0.416 e. The molecule has 2 aromatic rings. The first-order valence-electron chi connectivity index (χ1n) is 8.74. The van der Waals surface area contributed by atoms with Crippen molar-refractivity contribution in [1.29, 1.82) is 5.26 Å². The van der Waals surface area contributed by atoms with E-state index in [0.29, 0.717) is 16.8 Å². The number of benzene rings is 2. The maximum absolute atomic E-state index is 13.2. The molecule has 0 bridgehead atoms. The highest BCUT2D eigenvalue weighted by Gasteiger charge is 2.36. The van der Waals surface area contributed by atoms with E-state index in [2.05, 4.69) is 5.32 Å². The van der Waals surface area contributed by atoms with E-state index in [-0.39, 0.29) is 16.4 Å². The average Bonchev–Trinajstić information content (AvgIpc) is 2.72. The monoisotopic (exact) mass is 431 g/mol. The molecule has 0 spiro atoms. The van der Waals surface area contributed by atoms with E-state index in [1.165, 1.54) is 24.1 Å². The minimum absolute atomic E-state index is 0.133. The lowest BCUT2D eigenvalue weighted by atomic mass is 9.94. The number of nitrogens with one attached hydrogen (secondary N) is 1. The van der Waals surface area contributed by atoms with Crippen LogP contribution in [-0.4, -0.2) is 18.2 Å². The fourth-order valence-electron chi connectivity index (χ4n) is 3.25. The Balaban J connectivity index is 2.13. The van der Waals surface area contributed by atoms with Gasteiger partial charge in [0.2, 0.25) is 0 Å². The number of carbonyl (C=O) groups is 1. The molecule has 154 valence electrons. The molecular weight excluding hydrogens is 415 g/mol. The highest BCUT2D eigenvalue weighted by Crippen LogP contribution is 2.37. The van der Waals surface area contributed by atoms with Gasteiger partial charge in [0.25, 0.3) is 0 Å². The Morgan fingerprint density at radius 1 is 1.23 bits per heavy atom. The van der Waals surface area contributed by atoms with Gasteiger partial charge in [-0.15, -0.1) is 0 Å². The van der Waals surface area contributed by atoms with Gasteiger partial charge < -0.3 is 10.1 Å². The molecule has 1 heterocycles. The number of halogens is 3. The summed E-state index contributed by atoms with van der Waals surface area (Å²) in [4.78, 5) is 13.9. The molecule has 1 aliphatic rings. The van der Waals surface area contributed by atoms with Gasteiger partial charge in [0.15, 0.2) is 5.11 Å². The first-order chi connectivity index (χ1) is 14.2. The lowest BCUT2D eigenvalue weighted by Gasteiger charge is -2.37. The molecule has 30 heavy (non-hydrogen) atoms. The average molecular weight is 431 g/mol. The van der Waals surface area contributed by atoms with E-state index < -0.39 is 23.8 Å². The number of anilines is 1. The van der Waals surface area contributed by atoms with Gasteiger partial charge in [-0.25, -0.2) is 4.79 Å². The number of nitrogens with zero attached hydrogens (tertiary/aromatic N) is 2. The van der Waals surface area contributed by atoms with Crippen LogP contribution in [0.5, 0.6) is 0 Å². The van der Waals surface area contributed by atoms with Gasteiger partial charge in [-0.1, -0.05) is 18.2 Å². The Bertz CT molecular complexity index is 1070. The Hall–Kier alpha value is -3.38. The largest absolute Gasteiger partial charge is 0.466 e. The van der Waals surface area contributed by atoms with Crippen molar-refractivity contribution in [3.63, 3.8) is 0 Å². The Labute approximate surface area is 176 Å². The van der Waals surface area contributed by atoms with Crippen molar-refractivity contribution in [2.24, 2.45) is 0 Å². The topological polar surface area (TPSA) is 65.4 Å². The standard InChI is InChI=1S/C21H16F3N3O2S/c1-12-17(19(28)29-2)18(14-8-6-13(11-25)7-9-14)26-20(30)27(12)16-5-3-4-15(10-16)21(22,23)24/h3-10,18H,1-2H3,(H,26,30)/t18-/m1/s1. The van der Waals surface area contributed by atoms with Gasteiger partial charge in [0.05, 0.1) is 35.9 Å². The molecule has 1 N–H and O–H groups in total. The number of methoxy groups -OCH3 is 1. The van der Waals surface area contributed by atoms with E-state index in [0.717, 1.165) is 12.1 Å². The third kappa shape index (κ3) is 4.00. The van der Waals surface area contributed by atoms with Crippen molar-refractivity contribution in [3.05, 3.63) is 76.5 Å². The van der Waals surface area contributed by atoms with Gasteiger partial charge in [-0.3, -0.25) is 4.90 Å². The fourth-order valence-corrected chi connectivity index (χ4v) is 3.61. The second kappa shape index (κ2) is 8.16.